The summed E-state index contributed by atoms with van der Waals surface area (Å²) >= 11 is 7.02. The maximum Gasteiger partial charge on any atom is 0.257 e. The predicted molar refractivity (Wildman–Crippen MR) is 140 cm³/mol. The van der Waals surface area contributed by atoms with Crippen molar-refractivity contribution in [2.45, 2.75) is 6.92 Å². The molecular weight excluding hydrogens is 470 g/mol. The number of amides is 1. The smallest absolute Gasteiger partial charge is 0.257 e. The molecule has 9 heteroatoms. The van der Waals surface area contributed by atoms with Crippen LogP contribution in [0, 0.1) is 6.92 Å². The van der Waals surface area contributed by atoms with E-state index in [0.29, 0.717) is 22.8 Å². The zero-order valence-corrected chi connectivity index (χ0v) is 20.7. The summed E-state index contributed by atoms with van der Waals surface area (Å²) in [4.78, 5) is 17.5. The van der Waals surface area contributed by atoms with E-state index in [1.165, 1.54) is 21.3 Å². The van der Waals surface area contributed by atoms with Gasteiger partial charge < -0.3 is 19.5 Å². The van der Waals surface area contributed by atoms with Crippen molar-refractivity contribution in [3.8, 4) is 27.8 Å². The van der Waals surface area contributed by atoms with Crippen molar-refractivity contribution in [1.29, 1.82) is 0 Å². The van der Waals surface area contributed by atoms with Gasteiger partial charge >= 0.3 is 0 Å². The zero-order valence-electron chi connectivity index (χ0n) is 19.1. The van der Waals surface area contributed by atoms with Crippen LogP contribution in [0.5, 0.6) is 17.2 Å². The fraction of sp³-hybridized carbons (Fsp3) is 0.160. The molecule has 4 rings (SSSR count). The van der Waals surface area contributed by atoms with Gasteiger partial charge in [-0.25, -0.2) is 4.98 Å². The van der Waals surface area contributed by atoms with Crippen molar-refractivity contribution >= 4 is 50.5 Å². The highest BCUT2D eigenvalue weighted by atomic mass is 32.1. The van der Waals surface area contributed by atoms with Gasteiger partial charge in [-0.15, -0.1) is 11.3 Å². The Balaban J connectivity index is 1.48. The molecule has 0 saturated heterocycles. The fourth-order valence-corrected chi connectivity index (χ4v) is 4.64. The van der Waals surface area contributed by atoms with Crippen LogP contribution in [0.4, 0.5) is 5.69 Å². The van der Waals surface area contributed by atoms with Crippen LogP contribution in [0.1, 0.15) is 15.9 Å². The SMILES string of the molecule is COc1cc(C(=O)NC(=S)Nc2ccc(-c3nc4ccccc4s3)cc2C)cc(OC)c1OC. The number of ether oxygens (including phenoxy) is 3. The second-order valence-corrected chi connectivity index (χ2v) is 8.78. The van der Waals surface area contributed by atoms with E-state index < -0.39 is 5.91 Å². The molecule has 1 amide bonds. The second kappa shape index (κ2) is 10.1. The topological polar surface area (TPSA) is 81.7 Å². The monoisotopic (exact) mass is 493 g/mol. The van der Waals surface area contributed by atoms with Crippen LogP contribution in [0.15, 0.2) is 54.6 Å². The lowest BCUT2D eigenvalue weighted by Crippen LogP contribution is -2.34. The molecule has 174 valence electrons. The van der Waals surface area contributed by atoms with Crippen LogP contribution >= 0.6 is 23.6 Å². The highest BCUT2D eigenvalue weighted by molar-refractivity contribution is 7.80. The Morgan fingerprint density at radius 2 is 1.68 bits per heavy atom. The van der Waals surface area contributed by atoms with Crippen molar-refractivity contribution in [2.24, 2.45) is 0 Å². The number of anilines is 1. The number of fused-ring (bicyclic) bond motifs is 1. The van der Waals surface area contributed by atoms with E-state index in [4.69, 9.17) is 31.4 Å². The summed E-state index contributed by atoms with van der Waals surface area (Å²) in [5.41, 5.74) is 4.09. The molecule has 1 aromatic heterocycles. The van der Waals surface area contributed by atoms with E-state index in [1.807, 2.05) is 43.3 Å². The minimum absolute atomic E-state index is 0.176. The lowest BCUT2D eigenvalue weighted by Gasteiger charge is -2.15. The van der Waals surface area contributed by atoms with E-state index in [2.05, 4.69) is 16.7 Å². The van der Waals surface area contributed by atoms with Crippen molar-refractivity contribution in [2.75, 3.05) is 26.6 Å². The van der Waals surface area contributed by atoms with Gasteiger partial charge in [0, 0.05) is 16.8 Å². The van der Waals surface area contributed by atoms with Gasteiger partial charge in [0.1, 0.15) is 5.01 Å². The molecule has 7 nitrogen and oxygen atoms in total. The number of carbonyl (C=O) groups excluding carboxylic acids is 1. The van der Waals surface area contributed by atoms with E-state index in [9.17, 15) is 4.79 Å². The number of hydrogen-bond donors (Lipinski definition) is 2. The average Bonchev–Trinajstić information content (AvgIpc) is 3.28. The van der Waals surface area contributed by atoms with E-state index in [0.717, 1.165) is 32.0 Å². The van der Waals surface area contributed by atoms with Crippen LogP contribution in [0.25, 0.3) is 20.8 Å². The summed E-state index contributed by atoms with van der Waals surface area (Å²) in [5, 5.41) is 6.91. The largest absolute Gasteiger partial charge is 0.493 e. The first-order valence-electron chi connectivity index (χ1n) is 10.3. The fourth-order valence-electron chi connectivity index (χ4n) is 3.47. The number of aryl methyl sites for hydroxylation is 1. The summed E-state index contributed by atoms with van der Waals surface area (Å²) in [6.07, 6.45) is 0. The number of thiocarbonyl (C=S) groups is 1. The number of thiazole rings is 1. The number of carbonyl (C=O) groups is 1. The molecular formula is C25H23N3O4S2. The Hall–Kier alpha value is -3.69. The summed E-state index contributed by atoms with van der Waals surface area (Å²) in [5.74, 6) is 0.769. The number of methoxy groups -OCH3 is 3. The van der Waals surface area contributed by atoms with E-state index >= 15 is 0 Å². The molecule has 0 saturated carbocycles. The lowest BCUT2D eigenvalue weighted by molar-refractivity contribution is 0.0977. The first-order valence-corrected chi connectivity index (χ1v) is 11.5. The summed E-state index contributed by atoms with van der Waals surface area (Å²) in [6, 6.07) is 17.2. The van der Waals surface area contributed by atoms with Gasteiger partial charge in [0.2, 0.25) is 5.75 Å². The Morgan fingerprint density at radius 3 is 2.29 bits per heavy atom. The third-order valence-electron chi connectivity index (χ3n) is 5.17. The third kappa shape index (κ3) is 4.80. The number of rotatable bonds is 6. The Bertz CT molecular complexity index is 1330. The third-order valence-corrected chi connectivity index (χ3v) is 6.46. The maximum absolute atomic E-state index is 12.8. The Labute approximate surface area is 206 Å². The molecule has 0 fully saturated rings. The van der Waals surface area contributed by atoms with Gasteiger partial charge in [0.15, 0.2) is 16.6 Å². The summed E-state index contributed by atoms with van der Waals surface area (Å²) in [6.45, 7) is 1.97. The molecule has 2 N–H and O–H groups in total. The number of benzene rings is 3. The van der Waals surface area contributed by atoms with Crippen LogP contribution < -0.4 is 24.8 Å². The number of aromatic nitrogens is 1. The minimum atomic E-state index is -0.402. The molecule has 0 bridgehead atoms. The molecule has 0 aliphatic heterocycles. The first kappa shape index (κ1) is 23.5. The number of nitrogens with one attached hydrogen (secondary N) is 2. The van der Waals surface area contributed by atoms with Gasteiger partial charge in [-0.05, 0) is 67.2 Å². The Kier molecular flexibility index (Phi) is 6.95. The normalized spacial score (nSPS) is 10.6. The number of nitrogens with zero attached hydrogens (tertiary/aromatic N) is 1. The first-order chi connectivity index (χ1) is 16.4. The van der Waals surface area contributed by atoms with Crippen LogP contribution in [0.2, 0.25) is 0 Å². The number of para-hydroxylation sites is 1. The summed E-state index contributed by atoms with van der Waals surface area (Å²) in [7, 11) is 4.49. The highest BCUT2D eigenvalue weighted by Gasteiger charge is 2.18. The van der Waals surface area contributed by atoms with Crippen molar-refractivity contribution < 1.29 is 19.0 Å². The van der Waals surface area contributed by atoms with Crippen molar-refractivity contribution in [3.05, 3.63) is 65.7 Å². The molecule has 0 aliphatic carbocycles. The van der Waals surface area contributed by atoms with Gasteiger partial charge in [-0.2, -0.15) is 0 Å². The lowest BCUT2D eigenvalue weighted by atomic mass is 10.1. The zero-order chi connectivity index (χ0) is 24.2. The van der Waals surface area contributed by atoms with Gasteiger partial charge in [-0.3, -0.25) is 10.1 Å². The van der Waals surface area contributed by atoms with Crippen molar-refractivity contribution in [3.63, 3.8) is 0 Å². The molecule has 34 heavy (non-hydrogen) atoms. The van der Waals surface area contributed by atoms with E-state index in [-0.39, 0.29) is 5.11 Å². The van der Waals surface area contributed by atoms with Gasteiger partial charge in [0.05, 0.1) is 31.5 Å². The van der Waals surface area contributed by atoms with Gasteiger partial charge in [0.25, 0.3) is 5.91 Å². The van der Waals surface area contributed by atoms with E-state index in [1.54, 1.807) is 23.5 Å². The van der Waals surface area contributed by atoms with Crippen LogP contribution in [-0.2, 0) is 0 Å². The molecule has 0 unspecified atom stereocenters. The van der Waals surface area contributed by atoms with Crippen LogP contribution in [-0.4, -0.2) is 37.3 Å². The average molecular weight is 494 g/mol. The predicted octanol–water partition coefficient (Wildman–Crippen LogP) is 5.42. The highest BCUT2D eigenvalue weighted by Crippen LogP contribution is 2.38. The molecule has 0 atom stereocenters. The Morgan fingerprint density at radius 1 is 0.971 bits per heavy atom. The minimum Gasteiger partial charge on any atom is -0.493 e. The molecule has 0 spiro atoms. The molecule has 0 aliphatic rings. The van der Waals surface area contributed by atoms with Crippen LogP contribution in [0.3, 0.4) is 0 Å². The summed E-state index contributed by atoms with van der Waals surface area (Å²) < 4.78 is 17.1. The molecule has 0 radical (unpaired) electrons. The standard InChI is InChI=1S/C25H23N3O4S2/c1-14-11-15(24-26-18-7-5-6-8-21(18)34-24)9-10-17(14)27-25(33)28-23(29)16-12-19(30-2)22(32-4)20(13-16)31-3/h5-13H,1-4H3,(H2,27,28,29,33). The second-order valence-electron chi connectivity index (χ2n) is 7.34. The maximum atomic E-state index is 12.8. The van der Waals surface area contributed by atoms with Gasteiger partial charge in [-0.1, -0.05) is 12.1 Å². The quantitative estimate of drug-likeness (QED) is 0.347. The molecule has 1 heterocycles. The molecule has 4 aromatic rings. The van der Waals surface area contributed by atoms with Crippen molar-refractivity contribution in [1.82, 2.24) is 10.3 Å². The molecule has 3 aromatic carbocycles. The number of hydrogen-bond acceptors (Lipinski definition) is 7.